The van der Waals surface area contributed by atoms with E-state index in [2.05, 4.69) is 10.6 Å². The molecule has 0 bridgehead atoms. The minimum atomic E-state index is -0.233. The predicted molar refractivity (Wildman–Crippen MR) is 115 cm³/mol. The predicted octanol–water partition coefficient (Wildman–Crippen LogP) is 4.18. The lowest BCUT2D eigenvalue weighted by Gasteiger charge is -2.09. The Labute approximate surface area is 170 Å². The van der Waals surface area contributed by atoms with Gasteiger partial charge in [-0.2, -0.15) is 0 Å². The van der Waals surface area contributed by atoms with Crippen LogP contribution in [0.3, 0.4) is 0 Å². The highest BCUT2D eigenvalue weighted by Gasteiger charge is 2.09. The second kappa shape index (κ2) is 9.58. The molecule has 0 saturated heterocycles. The lowest BCUT2D eigenvalue weighted by molar-refractivity contribution is 0.0950. The first kappa shape index (κ1) is 21.0. The Kier molecular flexibility index (Phi) is 7.18. The second-order valence-electron chi connectivity index (χ2n) is 6.29. The number of carbonyl (C=O) groups is 2. The third-order valence-corrected chi connectivity index (χ3v) is 4.19. The molecule has 0 aliphatic carbocycles. The van der Waals surface area contributed by atoms with E-state index in [1.807, 2.05) is 43.3 Å². The van der Waals surface area contributed by atoms with Gasteiger partial charge in [0.2, 0.25) is 0 Å². The van der Waals surface area contributed by atoms with Crippen LogP contribution in [0.25, 0.3) is 0 Å². The summed E-state index contributed by atoms with van der Waals surface area (Å²) in [6, 6.07) is 21.6. The molecule has 0 unspecified atom stereocenters. The summed E-state index contributed by atoms with van der Waals surface area (Å²) >= 11 is 0. The van der Waals surface area contributed by atoms with Crippen LogP contribution in [0, 0.1) is 6.92 Å². The Bertz CT molecular complexity index is 954. The molecule has 4 N–H and O–H groups in total. The van der Waals surface area contributed by atoms with Crippen molar-refractivity contribution in [2.75, 3.05) is 11.1 Å². The molecular weight excluding hydrogens is 374 g/mol. The van der Waals surface area contributed by atoms with Crippen molar-refractivity contribution in [1.29, 1.82) is 0 Å². The molecule has 28 heavy (non-hydrogen) atoms. The molecule has 144 valence electrons. The molecule has 0 aliphatic heterocycles. The highest BCUT2D eigenvalue weighted by atomic mass is 35.5. The maximum absolute atomic E-state index is 12.3. The third-order valence-electron chi connectivity index (χ3n) is 4.19. The number of nitrogen functional groups attached to an aromatic ring is 1. The molecule has 0 saturated carbocycles. The van der Waals surface area contributed by atoms with Crippen molar-refractivity contribution in [2.24, 2.45) is 0 Å². The van der Waals surface area contributed by atoms with Crippen LogP contribution in [-0.2, 0) is 6.54 Å². The summed E-state index contributed by atoms with van der Waals surface area (Å²) in [6.07, 6.45) is 0. The van der Waals surface area contributed by atoms with Crippen LogP contribution >= 0.6 is 12.4 Å². The number of anilines is 2. The number of para-hydroxylation sites is 2. The Balaban J connectivity index is 0.00000280. The molecule has 0 atom stereocenters. The lowest BCUT2D eigenvalue weighted by Crippen LogP contribution is -2.22. The van der Waals surface area contributed by atoms with Crippen molar-refractivity contribution in [3.05, 3.63) is 95.1 Å². The summed E-state index contributed by atoms with van der Waals surface area (Å²) in [5, 5.41) is 5.66. The largest absolute Gasteiger partial charge is 0.397 e. The van der Waals surface area contributed by atoms with E-state index >= 15 is 0 Å². The number of hydrogen-bond donors (Lipinski definition) is 3. The van der Waals surface area contributed by atoms with E-state index in [0.29, 0.717) is 29.0 Å². The van der Waals surface area contributed by atoms with Gasteiger partial charge in [0.15, 0.2) is 0 Å². The molecule has 2 amide bonds. The topological polar surface area (TPSA) is 84.2 Å². The van der Waals surface area contributed by atoms with Crippen molar-refractivity contribution < 1.29 is 9.59 Å². The Morgan fingerprint density at radius 3 is 2.04 bits per heavy atom. The Morgan fingerprint density at radius 1 is 0.821 bits per heavy atom. The zero-order valence-electron chi connectivity index (χ0n) is 15.4. The number of nitrogens with one attached hydrogen (secondary N) is 2. The van der Waals surface area contributed by atoms with Crippen LogP contribution in [0.4, 0.5) is 11.4 Å². The Morgan fingerprint density at radius 2 is 1.39 bits per heavy atom. The van der Waals surface area contributed by atoms with Gasteiger partial charge in [-0.1, -0.05) is 42.0 Å². The molecule has 3 rings (SSSR count). The number of amides is 2. The standard InChI is InChI=1S/C22H21N3O2.ClH/c1-15-6-10-17(11-7-15)21(26)24-14-16-8-12-18(13-9-16)22(27)25-20-5-3-2-4-19(20)23;/h2-13H,14,23H2,1H3,(H,24,26)(H,25,27);1H. The first-order chi connectivity index (χ1) is 13.0. The van der Waals surface area contributed by atoms with Crippen LogP contribution < -0.4 is 16.4 Å². The zero-order valence-corrected chi connectivity index (χ0v) is 16.3. The number of aryl methyl sites for hydroxylation is 1. The fourth-order valence-electron chi connectivity index (χ4n) is 2.57. The van der Waals surface area contributed by atoms with E-state index in [1.165, 1.54) is 0 Å². The van der Waals surface area contributed by atoms with Crippen LogP contribution in [0.5, 0.6) is 0 Å². The van der Waals surface area contributed by atoms with E-state index in [4.69, 9.17) is 5.73 Å². The molecule has 0 fully saturated rings. The van der Waals surface area contributed by atoms with Gasteiger partial charge in [0.25, 0.3) is 11.8 Å². The van der Waals surface area contributed by atoms with Gasteiger partial charge < -0.3 is 16.4 Å². The molecule has 3 aromatic rings. The van der Waals surface area contributed by atoms with Gasteiger partial charge in [-0.05, 0) is 48.9 Å². The van der Waals surface area contributed by atoms with Gasteiger partial charge in [0.05, 0.1) is 11.4 Å². The SMILES string of the molecule is Cc1ccc(C(=O)NCc2ccc(C(=O)Nc3ccccc3N)cc2)cc1.Cl. The van der Waals surface area contributed by atoms with Crippen molar-refractivity contribution in [2.45, 2.75) is 13.5 Å². The summed E-state index contributed by atoms with van der Waals surface area (Å²) < 4.78 is 0. The molecule has 6 heteroatoms. The average Bonchev–Trinajstić information content (AvgIpc) is 2.69. The fraction of sp³-hybridized carbons (Fsp3) is 0.0909. The minimum Gasteiger partial charge on any atom is -0.397 e. The summed E-state index contributed by atoms with van der Waals surface area (Å²) in [7, 11) is 0. The van der Waals surface area contributed by atoms with Gasteiger partial charge >= 0.3 is 0 Å². The highest BCUT2D eigenvalue weighted by molar-refractivity contribution is 6.05. The maximum Gasteiger partial charge on any atom is 0.255 e. The van der Waals surface area contributed by atoms with E-state index < -0.39 is 0 Å². The average molecular weight is 396 g/mol. The minimum absolute atomic E-state index is 0. The van der Waals surface area contributed by atoms with E-state index in [9.17, 15) is 9.59 Å². The number of benzene rings is 3. The number of carbonyl (C=O) groups excluding carboxylic acids is 2. The molecule has 0 heterocycles. The summed E-state index contributed by atoms with van der Waals surface area (Å²) in [4.78, 5) is 24.5. The number of nitrogens with two attached hydrogens (primary N) is 1. The number of halogens is 1. The highest BCUT2D eigenvalue weighted by Crippen LogP contribution is 2.18. The molecule has 3 aromatic carbocycles. The first-order valence-corrected chi connectivity index (χ1v) is 8.62. The summed E-state index contributed by atoms with van der Waals surface area (Å²) in [5.74, 6) is -0.362. The van der Waals surface area contributed by atoms with Gasteiger partial charge in [-0.25, -0.2) is 0 Å². The summed E-state index contributed by atoms with van der Waals surface area (Å²) in [5.41, 5.74) is 10.1. The van der Waals surface area contributed by atoms with Gasteiger partial charge in [-0.15, -0.1) is 12.4 Å². The maximum atomic E-state index is 12.3. The first-order valence-electron chi connectivity index (χ1n) is 8.62. The molecule has 0 spiro atoms. The second-order valence-corrected chi connectivity index (χ2v) is 6.29. The molecule has 0 aromatic heterocycles. The van der Waals surface area contributed by atoms with E-state index in [0.717, 1.165) is 11.1 Å². The third kappa shape index (κ3) is 5.34. The smallest absolute Gasteiger partial charge is 0.255 e. The van der Waals surface area contributed by atoms with Gasteiger partial charge in [0, 0.05) is 17.7 Å². The monoisotopic (exact) mass is 395 g/mol. The van der Waals surface area contributed by atoms with Crippen molar-refractivity contribution in [3.63, 3.8) is 0 Å². The number of hydrogen-bond acceptors (Lipinski definition) is 3. The molecular formula is C22H22ClN3O2. The van der Waals surface area contributed by atoms with E-state index in [1.54, 1.807) is 36.4 Å². The van der Waals surface area contributed by atoms with Gasteiger partial charge in [0.1, 0.15) is 0 Å². The van der Waals surface area contributed by atoms with Crippen molar-refractivity contribution in [1.82, 2.24) is 5.32 Å². The molecule has 5 nitrogen and oxygen atoms in total. The van der Waals surface area contributed by atoms with Crippen LogP contribution in [0.1, 0.15) is 31.8 Å². The quantitative estimate of drug-likeness (QED) is 0.566. The van der Waals surface area contributed by atoms with Crippen molar-refractivity contribution >= 4 is 35.6 Å². The van der Waals surface area contributed by atoms with Gasteiger partial charge in [-0.3, -0.25) is 9.59 Å². The Hall–Kier alpha value is -3.31. The van der Waals surface area contributed by atoms with Crippen molar-refractivity contribution in [3.8, 4) is 0 Å². The van der Waals surface area contributed by atoms with Crippen LogP contribution in [-0.4, -0.2) is 11.8 Å². The van der Waals surface area contributed by atoms with Crippen LogP contribution in [0.15, 0.2) is 72.8 Å². The zero-order chi connectivity index (χ0) is 19.2. The summed E-state index contributed by atoms with van der Waals surface area (Å²) in [6.45, 7) is 2.37. The van der Waals surface area contributed by atoms with Crippen LogP contribution in [0.2, 0.25) is 0 Å². The van der Waals surface area contributed by atoms with E-state index in [-0.39, 0.29) is 24.2 Å². The number of rotatable bonds is 5. The normalized spacial score (nSPS) is 9.89. The lowest BCUT2D eigenvalue weighted by atomic mass is 10.1. The fourth-order valence-corrected chi connectivity index (χ4v) is 2.57. The molecule has 0 radical (unpaired) electrons. The molecule has 0 aliphatic rings.